The summed E-state index contributed by atoms with van der Waals surface area (Å²) in [4.78, 5) is 10.8. The molecule has 8 nitrogen and oxygen atoms in total. The summed E-state index contributed by atoms with van der Waals surface area (Å²) in [5, 5.41) is 4.85. The van der Waals surface area contributed by atoms with Crippen LogP contribution >= 0.6 is 0 Å². The van der Waals surface area contributed by atoms with Crippen LogP contribution in [-0.4, -0.2) is 37.0 Å². The van der Waals surface area contributed by atoms with E-state index < -0.39 is 0 Å². The summed E-state index contributed by atoms with van der Waals surface area (Å²) in [7, 11) is 4.32. The fourth-order valence-corrected chi connectivity index (χ4v) is 10.3. The van der Waals surface area contributed by atoms with E-state index in [1.54, 1.807) is 0 Å². The zero-order valence-corrected chi connectivity index (χ0v) is 32.7. The monoisotopic (exact) mass is 770 g/mol. The van der Waals surface area contributed by atoms with Crippen LogP contribution in [0.15, 0.2) is 170 Å². The third-order valence-electron chi connectivity index (χ3n) is 13.0. The molecule has 60 heavy (non-hydrogen) atoms. The molecule has 8 heteroatoms. The Balaban J connectivity index is 0.970. The number of benzene rings is 8. The molecule has 0 saturated carbocycles. The largest absolute Gasteiger partial charge is 0.344 e. The van der Waals surface area contributed by atoms with Crippen LogP contribution in [0.25, 0.3) is 122 Å². The van der Waals surface area contributed by atoms with Gasteiger partial charge in [0.05, 0.1) is 49.7 Å². The number of fused-ring (bicyclic) bond motifs is 17. The average molecular weight is 771 g/mol. The minimum atomic E-state index is 0.902. The molecular weight excluding hydrogens is 737 g/mol. The number of imidazole rings is 4. The number of para-hydroxylation sites is 5. The Bertz CT molecular complexity index is 4130. The fourth-order valence-electron chi connectivity index (χ4n) is 10.3. The Morgan fingerprint density at radius 3 is 1.68 bits per heavy atom. The van der Waals surface area contributed by atoms with Crippen LogP contribution in [0.5, 0.6) is 0 Å². The lowest BCUT2D eigenvalue weighted by Crippen LogP contribution is -1.94. The van der Waals surface area contributed by atoms with Gasteiger partial charge in [-0.2, -0.15) is 0 Å². The molecule has 14 aromatic rings. The van der Waals surface area contributed by atoms with Crippen LogP contribution < -0.4 is 0 Å². The molecule has 0 atom stereocenters. The molecule has 0 saturated heterocycles. The first-order valence-electron chi connectivity index (χ1n) is 20.4. The summed E-state index contributed by atoms with van der Waals surface area (Å²) in [5.41, 5.74) is 17.9. The van der Waals surface area contributed by atoms with Crippen molar-refractivity contribution in [2.45, 2.75) is 0 Å². The quantitative estimate of drug-likeness (QED) is 0.180. The predicted octanol–water partition coefficient (Wildman–Crippen LogP) is 12.1. The van der Waals surface area contributed by atoms with E-state index in [-0.39, 0.29) is 0 Å². The number of aryl methyl sites for hydroxylation is 2. The summed E-state index contributed by atoms with van der Waals surface area (Å²) < 4.78 is 13.8. The van der Waals surface area contributed by atoms with Gasteiger partial charge in [-0.05, 0) is 96.1 Å². The van der Waals surface area contributed by atoms with E-state index in [4.69, 9.17) is 9.97 Å². The molecule has 14 rings (SSSR count). The van der Waals surface area contributed by atoms with Gasteiger partial charge < -0.3 is 9.13 Å². The van der Waals surface area contributed by atoms with Gasteiger partial charge in [0, 0.05) is 58.0 Å². The molecule has 8 aromatic carbocycles. The molecule has 0 unspecified atom stereocenters. The maximum atomic E-state index is 5.47. The van der Waals surface area contributed by atoms with Crippen molar-refractivity contribution in [1.82, 2.24) is 37.0 Å². The Morgan fingerprint density at radius 2 is 0.900 bits per heavy atom. The minimum Gasteiger partial charge on any atom is -0.344 e. The van der Waals surface area contributed by atoms with Crippen LogP contribution in [0.1, 0.15) is 0 Å². The highest BCUT2D eigenvalue weighted by atomic mass is 15.2. The summed E-state index contributed by atoms with van der Waals surface area (Å²) >= 11 is 0. The van der Waals surface area contributed by atoms with E-state index in [0.29, 0.717) is 0 Å². The van der Waals surface area contributed by atoms with E-state index in [1.807, 2.05) is 0 Å². The predicted molar refractivity (Wildman–Crippen MR) is 246 cm³/mol. The van der Waals surface area contributed by atoms with Crippen molar-refractivity contribution in [2.24, 2.45) is 14.1 Å². The topological polar surface area (TPSA) is 54.3 Å². The zero-order chi connectivity index (χ0) is 39.4. The number of nitrogens with zero attached hydrogens (tertiary/aromatic N) is 8. The number of hydrogen-bond donors (Lipinski definition) is 0. The highest BCUT2D eigenvalue weighted by molar-refractivity contribution is 6.20. The van der Waals surface area contributed by atoms with Gasteiger partial charge in [-0.3, -0.25) is 17.9 Å². The number of hydrogen-bond acceptors (Lipinski definition) is 2. The normalized spacial score (nSPS) is 12.5. The Morgan fingerprint density at radius 1 is 0.350 bits per heavy atom. The first-order valence-corrected chi connectivity index (χ1v) is 20.4. The van der Waals surface area contributed by atoms with Gasteiger partial charge in [-0.15, -0.1) is 0 Å². The number of aromatic nitrogens is 8. The van der Waals surface area contributed by atoms with Gasteiger partial charge in [0.1, 0.15) is 5.52 Å². The van der Waals surface area contributed by atoms with Gasteiger partial charge >= 0.3 is 0 Å². The van der Waals surface area contributed by atoms with Crippen molar-refractivity contribution < 1.29 is 0 Å². The molecule has 0 aliphatic carbocycles. The van der Waals surface area contributed by atoms with Crippen LogP contribution in [0.3, 0.4) is 0 Å². The lowest BCUT2D eigenvalue weighted by Gasteiger charge is -2.08. The van der Waals surface area contributed by atoms with E-state index in [1.165, 1.54) is 38.1 Å². The molecule has 6 heterocycles. The first-order chi connectivity index (χ1) is 29.6. The Labute approximate surface area is 341 Å². The van der Waals surface area contributed by atoms with Crippen molar-refractivity contribution >= 4 is 99.3 Å². The van der Waals surface area contributed by atoms with Crippen LogP contribution in [0, 0.1) is 0 Å². The fraction of sp³-hybridized carbons (Fsp3) is 0.0385. The standard InChI is InChI=1S/C52H34N8/c1-55-39-18-10-9-17-36(39)49-43(55)25-26-44-50(49)54-52-58(34-15-7-4-8-16-34)48-28-32(22-24-42(48)59(44)52)31-21-23-35-37-29-47-38(30-46(37)56(2)45(35)27-31)53-51-57(33-13-5-3-6-14-33)40-19-11-12-20-41(40)60(47)51/h3-30H,1-2H3. The molecule has 0 spiro atoms. The molecule has 0 amide bonds. The molecule has 282 valence electrons. The van der Waals surface area contributed by atoms with Crippen molar-refractivity contribution in [2.75, 3.05) is 0 Å². The molecule has 0 aliphatic heterocycles. The Hall–Kier alpha value is -8.10. The molecular formula is C52H34N8. The third-order valence-corrected chi connectivity index (χ3v) is 13.0. The second kappa shape index (κ2) is 11.3. The highest BCUT2D eigenvalue weighted by Gasteiger charge is 2.23. The third kappa shape index (κ3) is 3.99. The number of rotatable bonds is 3. The van der Waals surface area contributed by atoms with E-state index in [9.17, 15) is 0 Å². The Kier molecular flexibility index (Phi) is 6.01. The summed E-state index contributed by atoms with van der Waals surface area (Å²) in [6.45, 7) is 0. The molecule has 0 aliphatic rings. The molecule has 0 fully saturated rings. The molecule has 0 radical (unpaired) electrons. The average Bonchev–Trinajstić information content (AvgIpc) is 4.12. The molecule has 6 aromatic heterocycles. The van der Waals surface area contributed by atoms with E-state index in [2.05, 4.69) is 211 Å². The van der Waals surface area contributed by atoms with Crippen LogP contribution in [0.4, 0.5) is 0 Å². The summed E-state index contributed by atoms with van der Waals surface area (Å²) in [5.74, 6) is 1.82. The second-order valence-corrected chi connectivity index (χ2v) is 16.1. The van der Waals surface area contributed by atoms with Gasteiger partial charge in [-0.1, -0.05) is 84.9 Å². The van der Waals surface area contributed by atoms with Gasteiger partial charge in [-0.25, -0.2) is 9.97 Å². The van der Waals surface area contributed by atoms with Crippen molar-refractivity contribution in [3.05, 3.63) is 170 Å². The first kappa shape index (κ1) is 31.9. The smallest absolute Gasteiger partial charge is 0.220 e. The second-order valence-electron chi connectivity index (χ2n) is 16.1. The summed E-state index contributed by atoms with van der Waals surface area (Å²) in [6.07, 6.45) is 0. The van der Waals surface area contributed by atoms with Gasteiger partial charge in [0.15, 0.2) is 0 Å². The van der Waals surface area contributed by atoms with Gasteiger partial charge in [0.2, 0.25) is 11.6 Å². The maximum Gasteiger partial charge on any atom is 0.220 e. The van der Waals surface area contributed by atoms with E-state index >= 15 is 0 Å². The van der Waals surface area contributed by atoms with Crippen molar-refractivity contribution in [3.8, 4) is 22.5 Å². The highest BCUT2D eigenvalue weighted by Crippen LogP contribution is 2.40. The molecule has 0 N–H and O–H groups in total. The van der Waals surface area contributed by atoms with Crippen molar-refractivity contribution in [1.29, 1.82) is 0 Å². The molecule has 0 bridgehead atoms. The minimum absolute atomic E-state index is 0.902. The van der Waals surface area contributed by atoms with Crippen LogP contribution in [0.2, 0.25) is 0 Å². The van der Waals surface area contributed by atoms with Crippen LogP contribution in [-0.2, 0) is 14.1 Å². The van der Waals surface area contributed by atoms with Crippen molar-refractivity contribution in [3.63, 3.8) is 0 Å². The SMILES string of the molecule is Cn1c2cc(-c3ccc4c(c3)n(-c3ccccc3)c3nc5c6c7ccccc7n(C)c6ccc5n43)ccc2c2cc3c(cc21)nc1n(-c2ccccc2)c2ccccc2n31. The van der Waals surface area contributed by atoms with Gasteiger partial charge in [0.25, 0.3) is 0 Å². The van der Waals surface area contributed by atoms with E-state index in [0.717, 1.165) is 83.7 Å². The summed E-state index contributed by atoms with van der Waals surface area (Å²) in [6, 6.07) is 61.2. The zero-order valence-electron chi connectivity index (χ0n) is 32.7. The lowest BCUT2D eigenvalue weighted by atomic mass is 10.0. The lowest BCUT2D eigenvalue weighted by molar-refractivity contribution is 1.01. The maximum absolute atomic E-state index is 5.47.